The first kappa shape index (κ1) is 16.4. The lowest BCUT2D eigenvalue weighted by Gasteiger charge is -2.20. The van der Waals surface area contributed by atoms with E-state index in [4.69, 9.17) is 5.73 Å². The molecule has 0 fully saturated rings. The van der Waals surface area contributed by atoms with Crippen molar-refractivity contribution in [3.8, 4) is 0 Å². The molecule has 0 radical (unpaired) electrons. The van der Waals surface area contributed by atoms with E-state index < -0.39 is 15.8 Å². The highest BCUT2D eigenvalue weighted by Crippen LogP contribution is 2.27. The summed E-state index contributed by atoms with van der Waals surface area (Å²) < 4.78 is 41.1. The predicted octanol–water partition coefficient (Wildman–Crippen LogP) is 3.44. The summed E-state index contributed by atoms with van der Waals surface area (Å²) in [5.74, 6) is -0.796. The van der Waals surface area contributed by atoms with Crippen LogP contribution in [-0.4, -0.2) is 19.3 Å². The van der Waals surface area contributed by atoms with Gasteiger partial charge in [0.2, 0.25) is 10.0 Å². The predicted molar refractivity (Wildman–Crippen MR) is 86.1 cm³/mol. The molecule has 1 aromatic heterocycles. The fraction of sp³-hybridized carbons (Fsp3) is 0.231. The number of anilines is 1. The van der Waals surface area contributed by atoms with Crippen molar-refractivity contribution in [3.05, 3.63) is 44.8 Å². The molecule has 1 aromatic carbocycles. The SMILES string of the molecule is CCN(Cc1ccc(Br)s1)S(=O)(=O)c1cc(N)ccc1F. The summed E-state index contributed by atoms with van der Waals surface area (Å²) in [6.45, 7) is 2.15. The van der Waals surface area contributed by atoms with E-state index in [1.807, 2.05) is 12.1 Å². The number of nitrogen functional groups attached to an aromatic ring is 1. The standard InChI is InChI=1S/C13H14BrFN2O2S2/c1-2-17(8-10-4-6-13(14)20-10)21(18,19)12-7-9(16)3-5-11(12)15/h3-7H,2,8,16H2,1H3. The quantitative estimate of drug-likeness (QED) is 0.792. The smallest absolute Gasteiger partial charge is 0.246 e. The van der Waals surface area contributed by atoms with Crippen LogP contribution < -0.4 is 5.73 Å². The molecule has 1 heterocycles. The van der Waals surface area contributed by atoms with E-state index in [2.05, 4.69) is 15.9 Å². The van der Waals surface area contributed by atoms with Gasteiger partial charge in [0.1, 0.15) is 10.7 Å². The van der Waals surface area contributed by atoms with Crippen LogP contribution in [0.2, 0.25) is 0 Å². The van der Waals surface area contributed by atoms with Gasteiger partial charge in [-0.1, -0.05) is 6.92 Å². The lowest BCUT2D eigenvalue weighted by Crippen LogP contribution is -2.30. The Balaban J connectivity index is 2.37. The van der Waals surface area contributed by atoms with Gasteiger partial charge < -0.3 is 5.73 Å². The number of nitrogens with two attached hydrogens (primary N) is 1. The van der Waals surface area contributed by atoms with Gasteiger partial charge in [-0.15, -0.1) is 11.3 Å². The van der Waals surface area contributed by atoms with Gasteiger partial charge in [-0.2, -0.15) is 4.31 Å². The molecule has 2 N–H and O–H groups in total. The largest absolute Gasteiger partial charge is 0.399 e. The molecule has 2 aromatic rings. The maximum Gasteiger partial charge on any atom is 0.246 e. The fourth-order valence-electron chi connectivity index (χ4n) is 1.83. The minimum Gasteiger partial charge on any atom is -0.399 e. The van der Waals surface area contributed by atoms with Gasteiger partial charge in [-0.3, -0.25) is 0 Å². The van der Waals surface area contributed by atoms with Crippen LogP contribution >= 0.6 is 27.3 Å². The second kappa shape index (κ2) is 6.43. The minimum atomic E-state index is -3.92. The van der Waals surface area contributed by atoms with Crippen molar-refractivity contribution < 1.29 is 12.8 Å². The van der Waals surface area contributed by atoms with E-state index in [9.17, 15) is 12.8 Å². The van der Waals surface area contributed by atoms with Crippen molar-refractivity contribution in [3.63, 3.8) is 0 Å². The third kappa shape index (κ3) is 3.63. The summed E-state index contributed by atoms with van der Waals surface area (Å²) >= 11 is 4.78. The maximum absolute atomic E-state index is 13.8. The van der Waals surface area contributed by atoms with E-state index in [0.29, 0.717) is 0 Å². The van der Waals surface area contributed by atoms with Crippen molar-refractivity contribution in [2.45, 2.75) is 18.4 Å². The number of hydrogen-bond donors (Lipinski definition) is 1. The summed E-state index contributed by atoms with van der Waals surface area (Å²) in [7, 11) is -3.92. The van der Waals surface area contributed by atoms with Crippen LogP contribution in [0.5, 0.6) is 0 Å². The molecule has 0 aliphatic carbocycles. The third-order valence-corrected chi connectivity index (χ3v) is 6.43. The Labute approximate surface area is 135 Å². The average Bonchev–Trinajstić information content (AvgIpc) is 2.84. The Morgan fingerprint density at radius 3 is 2.62 bits per heavy atom. The Morgan fingerprint density at radius 2 is 2.05 bits per heavy atom. The van der Waals surface area contributed by atoms with E-state index in [1.54, 1.807) is 6.92 Å². The lowest BCUT2D eigenvalue weighted by molar-refractivity contribution is 0.422. The zero-order valence-corrected chi connectivity index (χ0v) is 14.4. The lowest BCUT2D eigenvalue weighted by atomic mass is 10.3. The van der Waals surface area contributed by atoms with Gasteiger partial charge in [0.05, 0.1) is 3.79 Å². The van der Waals surface area contributed by atoms with Crippen LogP contribution in [0.25, 0.3) is 0 Å². The van der Waals surface area contributed by atoms with Crippen LogP contribution in [0, 0.1) is 5.82 Å². The molecule has 0 spiro atoms. The molecule has 114 valence electrons. The highest BCUT2D eigenvalue weighted by Gasteiger charge is 2.27. The molecule has 0 bridgehead atoms. The molecule has 0 saturated carbocycles. The van der Waals surface area contributed by atoms with Crippen LogP contribution in [0.15, 0.2) is 39.0 Å². The maximum atomic E-state index is 13.8. The molecule has 21 heavy (non-hydrogen) atoms. The number of halogens is 2. The first-order valence-corrected chi connectivity index (χ1v) is 9.19. The van der Waals surface area contributed by atoms with Gasteiger partial charge in [0.15, 0.2) is 0 Å². The van der Waals surface area contributed by atoms with Crippen molar-refractivity contribution >= 4 is 43.0 Å². The summed E-state index contributed by atoms with van der Waals surface area (Å²) in [6, 6.07) is 7.24. The van der Waals surface area contributed by atoms with Gasteiger partial charge in [0, 0.05) is 23.7 Å². The molecule has 0 atom stereocenters. The Morgan fingerprint density at radius 1 is 1.33 bits per heavy atom. The van der Waals surface area contributed by atoms with E-state index in [1.165, 1.54) is 21.7 Å². The van der Waals surface area contributed by atoms with Crippen LogP contribution in [0.3, 0.4) is 0 Å². The van der Waals surface area contributed by atoms with Gasteiger partial charge in [-0.25, -0.2) is 12.8 Å². The molecular weight excluding hydrogens is 379 g/mol. The second-order valence-corrected chi connectivity index (χ2v) is 8.78. The van der Waals surface area contributed by atoms with Crippen LogP contribution in [-0.2, 0) is 16.6 Å². The molecule has 0 saturated heterocycles. The Hall–Kier alpha value is -0.960. The topological polar surface area (TPSA) is 63.4 Å². The van der Waals surface area contributed by atoms with Gasteiger partial charge in [0.25, 0.3) is 0 Å². The molecule has 0 amide bonds. The van der Waals surface area contributed by atoms with E-state index >= 15 is 0 Å². The normalized spacial score (nSPS) is 12.0. The second-order valence-electron chi connectivity index (χ2n) is 4.33. The fourth-order valence-corrected chi connectivity index (χ4v) is 4.94. The van der Waals surface area contributed by atoms with Crippen molar-refractivity contribution in [1.82, 2.24) is 4.31 Å². The third-order valence-electron chi connectivity index (χ3n) is 2.89. The summed E-state index contributed by atoms with van der Waals surface area (Å²) in [4.78, 5) is 0.483. The van der Waals surface area contributed by atoms with Crippen molar-refractivity contribution in [2.75, 3.05) is 12.3 Å². The molecule has 4 nitrogen and oxygen atoms in total. The number of rotatable bonds is 5. The average molecular weight is 393 g/mol. The van der Waals surface area contributed by atoms with Gasteiger partial charge >= 0.3 is 0 Å². The first-order chi connectivity index (χ1) is 9.84. The summed E-state index contributed by atoms with van der Waals surface area (Å²) in [5, 5.41) is 0. The number of sulfonamides is 1. The molecule has 2 rings (SSSR count). The van der Waals surface area contributed by atoms with Crippen LogP contribution in [0.4, 0.5) is 10.1 Å². The molecule has 0 aliphatic rings. The molecular formula is C13H14BrFN2O2S2. The van der Waals surface area contributed by atoms with E-state index in [0.717, 1.165) is 20.8 Å². The summed E-state index contributed by atoms with van der Waals surface area (Å²) in [5.41, 5.74) is 5.78. The number of hydrogen-bond acceptors (Lipinski definition) is 4. The number of benzene rings is 1. The Bertz CT molecular complexity index is 746. The monoisotopic (exact) mass is 392 g/mol. The number of thiophene rings is 1. The zero-order valence-electron chi connectivity index (χ0n) is 11.2. The van der Waals surface area contributed by atoms with E-state index in [-0.39, 0.29) is 23.7 Å². The van der Waals surface area contributed by atoms with Crippen molar-refractivity contribution in [2.24, 2.45) is 0 Å². The molecule has 0 aliphatic heterocycles. The minimum absolute atomic E-state index is 0.198. The highest BCUT2D eigenvalue weighted by atomic mass is 79.9. The summed E-state index contributed by atoms with van der Waals surface area (Å²) in [6.07, 6.45) is 0. The molecule has 0 unspecified atom stereocenters. The molecule has 8 heteroatoms. The first-order valence-electron chi connectivity index (χ1n) is 6.14. The van der Waals surface area contributed by atoms with Crippen LogP contribution in [0.1, 0.15) is 11.8 Å². The Kier molecular flexibility index (Phi) is 5.03. The number of nitrogens with zero attached hydrogens (tertiary/aromatic N) is 1. The zero-order chi connectivity index (χ0) is 15.6. The van der Waals surface area contributed by atoms with Crippen molar-refractivity contribution in [1.29, 1.82) is 0 Å². The highest BCUT2D eigenvalue weighted by molar-refractivity contribution is 9.11. The van der Waals surface area contributed by atoms with Gasteiger partial charge in [-0.05, 0) is 46.3 Å².